The van der Waals surface area contributed by atoms with Gasteiger partial charge in [0, 0.05) is 29.2 Å². The molecule has 0 aliphatic carbocycles. The lowest BCUT2D eigenvalue weighted by Gasteiger charge is -2.11. The highest BCUT2D eigenvalue weighted by Gasteiger charge is 2.17. The van der Waals surface area contributed by atoms with E-state index in [4.69, 9.17) is 0 Å². The third-order valence-corrected chi connectivity index (χ3v) is 6.07. The molecule has 166 valence electrons. The summed E-state index contributed by atoms with van der Waals surface area (Å²) in [6, 6.07) is 19.7. The van der Waals surface area contributed by atoms with Crippen molar-refractivity contribution >= 4 is 39.0 Å². The molecule has 0 radical (unpaired) electrons. The topological polar surface area (TPSA) is 116 Å². The number of sulfonamides is 1. The average molecular weight is 453 g/mol. The van der Waals surface area contributed by atoms with E-state index in [1.165, 1.54) is 12.1 Å². The maximum absolute atomic E-state index is 12.7. The number of nitrogens with one attached hydrogen (secondary N) is 4. The Morgan fingerprint density at radius 3 is 1.94 bits per heavy atom. The summed E-state index contributed by atoms with van der Waals surface area (Å²) >= 11 is 0. The molecule has 3 aromatic carbocycles. The molecule has 0 fully saturated rings. The van der Waals surface area contributed by atoms with Gasteiger partial charge in [-0.3, -0.25) is 4.79 Å². The van der Waals surface area contributed by atoms with Crippen LogP contribution in [0.15, 0.2) is 77.7 Å². The molecule has 0 saturated heterocycles. The zero-order chi connectivity index (χ0) is 23.1. The van der Waals surface area contributed by atoms with E-state index in [2.05, 4.69) is 20.7 Å². The number of amides is 3. The van der Waals surface area contributed by atoms with Crippen molar-refractivity contribution in [2.45, 2.75) is 18.7 Å². The molecule has 9 heteroatoms. The van der Waals surface area contributed by atoms with Crippen LogP contribution >= 0.6 is 0 Å². The van der Waals surface area contributed by atoms with Crippen LogP contribution in [0.4, 0.5) is 21.9 Å². The predicted molar refractivity (Wildman–Crippen MR) is 126 cm³/mol. The number of urea groups is 1. The van der Waals surface area contributed by atoms with Crippen molar-refractivity contribution in [1.29, 1.82) is 0 Å². The van der Waals surface area contributed by atoms with Gasteiger partial charge in [0.25, 0.3) is 5.91 Å². The van der Waals surface area contributed by atoms with E-state index in [-0.39, 0.29) is 23.0 Å². The van der Waals surface area contributed by atoms with Crippen LogP contribution in [0.5, 0.6) is 0 Å². The number of hydrogen-bond donors (Lipinski definition) is 4. The molecule has 0 saturated carbocycles. The predicted octanol–water partition coefficient (Wildman–Crippen LogP) is 4.19. The molecule has 4 N–H and O–H groups in total. The standard InChI is InChI=1S/C23H24N4O4S/c1-3-24-32(30,31)20-14-9-16(2)21(15-20)22(28)25-18-10-12-19(13-11-18)27-23(29)26-17-7-5-4-6-8-17/h4-15,24H,3H2,1-2H3,(H,25,28)(H2,26,27,29). The van der Waals surface area contributed by atoms with Crippen LogP contribution in [-0.4, -0.2) is 26.9 Å². The Bertz CT molecular complexity index is 1210. The summed E-state index contributed by atoms with van der Waals surface area (Å²) in [5.41, 5.74) is 2.62. The van der Waals surface area contributed by atoms with Crippen molar-refractivity contribution in [3.63, 3.8) is 0 Å². The summed E-state index contributed by atoms with van der Waals surface area (Å²) in [6.07, 6.45) is 0. The Morgan fingerprint density at radius 2 is 1.34 bits per heavy atom. The molecule has 32 heavy (non-hydrogen) atoms. The van der Waals surface area contributed by atoms with Gasteiger partial charge >= 0.3 is 6.03 Å². The number of carbonyl (C=O) groups excluding carboxylic acids is 2. The van der Waals surface area contributed by atoms with E-state index < -0.39 is 15.9 Å². The molecule has 0 aliphatic rings. The number of hydrogen-bond acceptors (Lipinski definition) is 4. The second kappa shape index (κ2) is 10.1. The van der Waals surface area contributed by atoms with Crippen LogP contribution in [0.2, 0.25) is 0 Å². The Kier molecular flexibility index (Phi) is 7.24. The van der Waals surface area contributed by atoms with Crippen molar-refractivity contribution in [1.82, 2.24) is 4.72 Å². The van der Waals surface area contributed by atoms with Gasteiger partial charge in [-0.15, -0.1) is 0 Å². The molecule has 0 heterocycles. The van der Waals surface area contributed by atoms with E-state index in [1.807, 2.05) is 18.2 Å². The van der Waals surface area contributed by atoms with Gasteiger partial charge in [0.05, 0.1) is 4.90 Å². The van der Waals surface area contributed by atoms with E-state index in [1.54, 1.807) is 56.3 Å². The first kappa shape index (κ1) is 23.0. The van der Waals surface area contributed by atoms with Crippen molar-refractivity contribution in [3.8, 4) is 0 Å². The number of rotatable bonds is 7. The maximum atomic E-state index is 12.7. The minimum Gasteiger partial charge on any atom is -0.322 e. The van der Waals surface area contributed by atoms with E-state index in [9.17, 15) is 18.0 Å². The van der Waals surface area contributed by atoms with E-state index in [0.29, 0.717) is 22.6 Å². The lowest BCUT2D eigenvalue weighted by Crippen LogP contribution is -2.24. The third kappa shape index (κ3) is 5.93. The number of anilines is 3. The van der Waals surface area contributed by atoms with Crippen molar-refractivity contribution in [3.05, 3.63) is 83.9 Å². The van der Waals surface area contributed by atoms with Crippen LogP contribution in [0.1, 0.15) is 22.8 Å². The third-order valence-electron chi connectivity index (χ3n) is 4.53. The molecular weight excluding hydrogens is 428 g/mol. The minimum atomic E-state index is -3.67. The van der Waals surface area contributed by atoms with Gasteiger partial charge in [0.15, 0.2) is 0 Å². The van der Waals surface area contributed by atoms with Crippen LogP contribution < -0.4 is 20.7 Å². The lowest BCUT2D eigenvalue weighted by molar-refractivity contribution is 0.102. The van der Waals surface area contributed by atoms with Gasteiger partial charge in [-0.05, 0) is 61.0 Å². The van der Waals surface area contributed by atoms with Crippen LogP contribution in [0.25, 0.3) is 0 Å². The van der Waals surface area contributed by atoms with Crippen LogP contribution in [-0.2, 0) is 10.0 Å². The Morgan fingerprint density at radius 1 is 0.781 bits per heavy atom. The van der Waals surface area contributed by atoms with Gasteiger partial charge in [-0.2, -0.15) is 0 Å². The SMILES string of the molecule is CCNS(=O)(=O)c1ccc(C)c(C(=O)Nc2ccc(NC(=O)Nc3ccccc3)cc2)c1. The monoisotopic (exact) mass is 452 g/mol. The fourth-order valence-electron chi connectivity index (χ4n) is 2.94. The maximum Gasteiger partial charge on any atom is 0.323 e. The fraction of sp³-hybridized carbons (Fsp3) is 0.130. The minimum absolute atomic E-state index is 0.0269. The second-order valence-electron chi connectivity index (χ2n) is 6.95. The highest BCUT2D eigenvalue weighted by Crippen LogP contribution is 2.19. The first-order valence-electron chi connectivity index (χ1n) is 9.93. The molecule has 8 nitrogen and oxygen atoms in total. The molecule has 3 rings (SSSR count). The molecule has 3 amide bonds. The van der Waals surface area contributed by atoms with Gasteiger partial charge in [-0.1, -0.05) is 31.2 Å². The normalized spacial score (nSPS) is 10.9. The van der Waals surface area contributed by atoms with Crippen LogP contribution in [0, 0.1) is 6.92 Å². The van der Waals surface area contributed by atoms with Gasteiger partial charge in [0.2, 0.25) is 10.0 Å². The van der Waals surface area contributed by atoms with Gasteiger partial charge in [-0.25, -0.2) is 17.9 Å². The first-order chi connectivity index (χ1) is 15.3. The van der Waals surface area contributed by atoms with E-state index >= 15 is 0 Å². The number of para-hydroxylation sites is 1. The van der Waals surface area contributed by atoms with Crippen molar-refractivity contribution < 1.29 is 18.0 Å². The number of benzene rings is 3. The molecule has 3 aromatic rings. The summed E-state index contributed by atoms with van der Waals surface area (Å²) in [5.74, 6) is -0.432. The smallest absolute Gasteiger partial charge is 0.322 e. The Hall–Kier alpha value is -3.69. The molecule has 0 bridgehead atoms. The van der Waals surface area contributed by atoms with Gasteiger partial charge < -0.3 is 16.0 Å². The Balaban J connectivity index is 1.66. The summed E-state index contributed by atoms with van der Waals surface area (Å²) in [6.45, 7) is 3.67. The number of aryl methyl sites for hydroxylation is 1. The first-order valence-corrected chi connectivity index (χ1v) is 11.4. The molecular formula is C23H24N4O4S. The molecule has 0 atom stereocenters. The molecule has 0 aliphatic heterocycles. The lowest BCUT2D eigenvalue weighted by atomic mass is 10.1. The molecule has 0 unspecified atom stereocenters. The highest BCUT2D eigenvalue weighted by molar-refractivity contribution is 7.89. The van der Waals surface area contributed by atoms with E-state index in [0.717, 1.165) is 0 Å². The van der Waals surface area contributed by atoms with Crippen molar-refractivity contribution in [2.24, 2.45) is 0 Å². The largest absolute Gasteiger partial charge is 0.323 e. The fourth-order valence-corrected chi connectivity index (χ4v) is 4.00. The van der Waals surface area contributed by atoms with Crippen molar-refractivity contribution in [2.75, 3.05) is 22.5 Å². The zero-order valence-electron chi connectivity index (χ0n) is 17.7. The molecule has 0 aromatic heterocycles. The molecule has 0 spiro atoms. The van der Waals surface area contributed by atoms with Gasteiger partial charge in [0.1, 0.15) is 0 Å². The Labute approximate surface area is 187 Å². The summed E-state index contributed by atoms with van der Waals surface area (Å²) in [4.78, 5) is 24.8. The second-order valence-corrected chi connectivity index (χ2v) is 8.72. The van der Waals surface area contributed by atoms with Crippen LogP contribution in [0.3, 0.4) is 0 Å². The average Bonchev–Trinajstić information content (AvgIpc) is 2.76. The summed E-state index contributed by atoms with van der Waals surface area (Å²) in [7, 11) is -3.67. The highest BCUT2D eigenvalue weighted by atomic mass is 32.2. The zero-order valence-corrected chi connectivity index (χ0v) is 18.5. The summed E-state index contributed by atoms with van der Waals surface area (Å²) in [5, 5.41) is 8.18. The number of carbonyl (C=O) groups is 2. The summed E-state index contributed by atoms with van der Waals surface area (Å²) < 4.78 is 26.9. The quantitative estimate of drug-likeness (QED) is 0.430.